The molecule has 3 aromatic rings. The molecule has 0 aliphatic carbocycles. The fourth-order valence-corrected chi connectivity index (χ4v) is 2.28. The second kappa shape index (κ2) is 7.57. The van der Waals surface area contributed by atoms with Crippen LogP contribution in [-0.4, -0.2) is 28.0 Å². The van der Waals surface area contributed by atoms with Crippen LogP contribution >= 0.6 is 0 Å². The zero-order chi connectivity index (χ0) is 17.6. The van der Waals surface area contributed by atoms with E-state index in [1.54, 1.807) is 13.1 Å². The third kappa shape index (κ3) is 4.41. The molecule has 0 aliphatic rings. The summed E-state index contributed by atoms with van der Waals surface area (Å²) in [5.74, 6) is 0.800. The van der Waals surface area contributed by atoms with Gasteiger partial charge in [0.05, 0.1) is 6.54 Å². The summed E-state index contributed by atoms with van der Waals surface area (Å²) in [6.45, 7) is 2.28. The van der Waals surface area contributed by atoms with Gasteiger partial charge in [0.2, 0.25) is 17.6 Å². The Hall–Kier alpha value is -3.21. The SMILES string of the molecule is Cc1ccc(-c2noc(CN(C)C(=O)C=Cc3ccccc3)n2)cc1. The van der Waals surface area contributed by atoms with Crippen LogP contribution in [0.4, 0.5) is 0 Å². The first-order chi connectivity index (χ1) is 12.1. The Morgan fingerprint density at radius 2 is 1.84 bits per heavy atom. The van der Waals surface area contributed by atoms with Gasteiger partial charge in [-0.1, -0.05) is 65.3 Å². The molecule has 1 aromatic heterocycles. The minimum absolute atomic E-state index is 0.126. The van der Waals surface area contributed by atoms with Crippen LogP contribution in [0.5, 0.6) is 0 Å². The van der Waals surface area contributed by atoms with Crippen molar-refractivity contribution in [3.8, 4) is 11.4 Å². The average molecular weight is 333 g/mol. The summed E-state index contributed by atoms with van der Waals surface area (Å²) in [6, 6.07) is 17.6. The highest BCUT2D eigenvalue weighted by molar-refractivity contribution is 5.91. The molecular weight excluding hydrogens is 314 g/mol. The van der Waals surface area contributed by atoms with Crippen molar-refractivity contribution >= 4 is 12.0 Å². The maximum atomic E-state index is 12.2. The Morgan fingerprint density at radius 3 is 2.56 bits per heavy atom. The van der Waals surface area contributed by atoms with Gasteiger partial charge < -0.3 is 9.42 Å². The third-order valence-corrected chi connectivity index (χ3v) is 3.74. The van der Waals surface area contributed by atoms with Gasteiger partial charge in [-0.25, -0.2) is 0 Å². The van der Waals surface area contributed by atoms with E-state index in [0.29, 0.717) is 11.7 Å². The number of nitrogens with zero attached hydrogens (tertiary/aromatic N) is 3. The van der Waals surface area contributed by atoms with Crippen LogP contribution in [0, 0.1) is 6.92 Å². The van der Waals surface area contributed by atoms with Gasteiger partial charge in [0.25, 0.3) is 0 Å². The Kier molecular flexibility index (Phi) is 5.04. The predicted molar refractivity (Wildman–Crippen MR) is 96.4 cm³/mol. The topological polar surface area (TPSA) is 59.2 Å². The van der Waals surface area contributed by atoms with Gasteiger partial charge in [0.15, 0.2) is 0 Å². The number of aryl methyl sites for hydroxylation is 1. The van der Waals surface area contributed by atoms with Gasteiger partial charge in [-0.2, -0.15) is 4.98 Å². The third-order valence-electron chi connectivity index (χ3n) is 3.74. The van der Waals surface area contributed by atoms with E-state index in [9.17, 15) is 4.79 Å². The fraction of sp³-hybridized carbons (Fsp3) is 0.150. The van der Waals surface area contributed by atoms with E-state index >= 15 is 0 Å². The smallest absolute Gasteiger partial charge is 0.246 e. The second-order valence-electron chi connectivity index (χ2n) is 5.82. The van der Waals surface area contributed by atoms with Crippen LogP contribution < -0.4 is 0 Å². The van der Waals surface area contributed by atoms with Crippen molar-refractivity contribution in [3.63, 3.8) is 0 Å². The number of hydrogen-bond donors (Lipinski definition) is 0. The predicted octanol–water partition coefficient (Wildman–Crippen LogP) is 3.72. The van der Waals surface area contributed by atoms with E-state index < -0.39 is 0 Å². The maximum absolute atomic E-state index is 12.2. The highest BCUT2D eigenvalue weighted by atomic mass is 16.5. The first kappa shape index (κ1) is 16.6. The highest BCUT2D eigenvalue weighted by Crippen LogP contribution is 2.16. The molecule has 0 saturated carbocycles. The normalized spacial score (nSPS) is 11.0. The zero-order valence-corrected chi connectivity index (χ0v) is 14.2. The molecule has 0 bridgehead atoms. The Morgan fingerprint density at radius 1 is 1.12 bits per heavy atom. The Bertz CT molecular complexity index is 867. The molecule has 25 heavy (non-hydrogen) atoms. The van der Waals surface area contributed by atoms with E-state index in [2.05, 4.69) is 10.1 Å². The molecule has 5 nitrogen and oxygen atoms in total. The lowest BCUT2D eigenvalue weighted by molar-refractivity contribution is -0.125. The summed E-state index contributed by atoms with van der Waals surface area (Å²) >= 11 is 0. The molecule has 0 fully saturated rings. The summed E-state index contributed by atoms with van der Waals surface area (Å²) < 4.78 is 5.25. The monoisotopic (exact) mass is 333 g/mol. The largest absolute Gasteiger partial charge is 0.337 e. The van der Waals surface area contributed by atoms with E-state index in [0.717, 1.165) is 11.1 Å². The van der Waals surface area contributed by atoms with Crippen molar-refractivity contribution < 1.29 is 9.32 Å². The van der Waals surface area contributed by atoms with Crippen molar-refractivity contribution in [1.29, 1.82) is 0 Å². The Labute approximate surface area is 146 Å². The van der Waals surface area contributed by atoms with E-state index in [-0.39, 0.29) is 12.5 Å². The van der Waals surface area contributed by atoms with Gasteiger partial charge in [0.1, 0.15) is 0 Å². The molecule has 0 aliphatic heterocycles. The summed E-state index contributed by atoms with van der Waals surface area (Å²) in [4.78, 5) is 18.1. The molecule has 5 heteroatoms. The summed E-state index contributed by atoms with van der Waals surface area (Å²) in [7, 11) is 1.70. The lowest BCUT2D eigenvalue weighted by Gasteiger charge is -2.11. The lowest BCUT2D eigenvalue weighted by atomic mass is 10.1. The molecule has 0 atom stereocenters. The number of rotatable bonds is 5. The van der Waals surface area contributed by atoms with Crippen molar-refractivity contribution in [2.75, 3.05) is 7.05 Å². The first-order valence-electron chi connectivity index (χ1n) is 7.99. The summed E-state index contributed by atoms with van der Waals surface area (Å²) in [5.41, 5.74) is 3.03. The first-order valence-corrected chi connectivity index (χ1v) is 7.99. The maximum Gasteiger partial charge on any atom is 0.246 e. The van der Waals surface area contributed by atoms with Gasteiger partial charge in [-0.05, 0) is 18.6 Å². The van der Waals surface area contributed by atoms with Crippen LogP contribution in [0.3, 0.4) is 0 Å². The number of aromatic nitrogens is 2. The molecule has 2 aromatic carbocycles. The molecule has 0 saturated heterocycles. The Balaban J connectivity index is 1.63. The number of hydrogen-bond acceptors (Lipinski definition) is 4. The molecule has 1 amide bonds. The summed E-state index contributed by atoms with van der Waals surface area (Å²) in [6.07, 6.45) is 3.32. The molecule has 0 radical (unpaired) electrons. The second-order valence-corrected chi connectivity index (χ2v) is 5.82. The van der Waals surface area contributed by atoms with Crippen molar-refractivity contribution in [1.82, 2.24) is 15.0 Å². The van der Waals surface area contributed by atoms with Crippen LogP contribution in [-0.2, 0) is 11.3 Å². The molecule has 0 unspecified atom stereocenters. The van der Waals surface area contributed by atoms with Crippen molar-refractivity contribution in [2.24, 2.45) is 0 Å². The van der Waals surface area contributed by atoms with Crippen LogP contribution in [0.25, 0.3) is 17.5 Å². The number of benzene rings is 2. The quantitative estimate of drug-likeness (QED) is 0.668. The number of carbonyl (C=O) groups excluding carboxylic acids is 1. The fourth-order valence-electron chi connectivity index (χ4n) is 2.28. The summed E-state index contributed by atoms with van der Waals surface area (Å²) in [5, 5.41) is 3.98. The highest BCUT2D eigenvalue weighted by Gasteiger charge is 2.13. The molecule has 3 rings (SSSR count). The van der Waals surface area contributed by atoms with E-state index in [4.69, 9.17) is 4.52 Å². The van der Waals surface area contributed by atoms with Gasteiger partial charge in [-0.3, -0.25) is 4.79 Å². The molecule has 0 spiro atoms. The van der Waals surface area contributed by atoms with E-state index in [1.807, 2.05) is 61.5 Å². The minimum atomic E-state index is -0.126. The number of amides is 1. The zero-order valence-electron chi connectivity index (χ0n) is 14.2. The number of likely N-dealkylation sites (N-methyl/N-ethyl adjacent to an activating group) is 1. The van der Waals surface area contributed by atoms with E-state index in [1.165, 1.54) is 16.5 Å². The molecule has 126 valence electrons. The standard InChI is InChI=1S/C20H19N3O2/c1-15-8-11-17(12-9-15)20-21-18(25-22-20)14-23(2)19(24)13-10-16-6-4-3-5-7-16/h3-13H,14H2,1-2H3. The average Bonchev–Trinajstić information content (AvgIpc) is 3.09. The molecule has 0 N–H and O–H groups in total. The molecular formula is C20H19N3O2. The number of carbonyl (C=O) groups is 1. The van der Waals surface area contributed by atoms with Gasteiger partial charge >= 0.3 is 0 Å². The minimum Gasteiger partial charge on any atom is -0.337 e. The van der Waals surface area contributed by atoms with Crippen molar-refractivity contribution in [3.05, 3.63) is 77.7 Å². The lowest BCUT2D eigenvalue weighted by Crippen LogP contribution is -2.24. The van der Waals surface area contributed by atoms with Crippen LogP contribution in [0.1, 0.15) is 17.0 Å². The van der Waals surface area contributed by atoms with Gasteiger partial charge in [-0.15, -0.1) is 0 Å². The van der Waals surface area contributed by atoms with Crippen LogP contribution in [0.2, 0.25) is 0 Å². The van der Waals surface area contributed by atoms with Crippen LogP contribution in [0.15, 0.2) is 65.2 Å². The van der Waals surface area contributed by atoms with Gasteiger partial charge in [0, 0.05) is 18.7 Å². The van der Waals surface area contributed by atoms with Crippen molar-refractivity contribution in [2.45, 2.75) is 13.5 Å². The molecule has 1 heterocycles.